The fourth-order valence-electron chi connectivity index (χ4n) is 1.23. The van der Waals surface area contributed by atoms with Gasteiger partial charge in [0, 0.05) is 10.9 Å². The van der Waals surface area contributed by atoms with E-state index >= 15 is 0 Å². The smallest absolute Gasteiger partial charge is 0.391 e. The standard InChI is InChI=1S/C9H6BrF6NO2/c10-2-6-5(8(11,12)13)1-4(3-18)7(17-6)19-9(14,15)16/h1,18H,2-3H2. The topological polar surface area (TPSA) is 42.4 Å². The molecule has 0 fully saturated rings. The highest BCUT2D eigenvalue weighted by atomic mass is 79.9. The zero-order valence-corrected chi connectivity index (χ0v) is 10.5. The number of alkyl halides is 7. The van der Waals surface area contributed by atoms with Gasteiger partial charge in [0.25, 0.3) is 0 Å². The van der Waals surface area contributed by atoms with Crippen molar-refractivity contribution in [1.29, 1.82) is 0 Å². The van der Waals surface area contributed by atoms with Crippen LogP contribution in [0.25, 0.3) is 0 Å². The SMILES string of the molecule is OCc1cc(C(F)(F)F)c(CBr)nc1OC(F)(F)F. The summed E-state index contributed by atoms with van der Waals surface area (Å²) in [6, 6.07) is 0.380. The maximum absolute atomic E-state index is 12.6. The lowest BCUT2D eigenvalue weighted by atomic mass is 10.1. The van der Waals surface area contributed by atoms with Gasteiger partial charge in [-0.2, -0.15) is 13.2 Å². The fourth-order valence-corrected chi connectivity index (χ4v) is 1.66. The molecule has 1 rings (SSSR count). The number of rotatable bonds is 3. The molecule has 19 heavy (non-hydrogen) atoms. The molecule has 0 amide bonds. The van der Waals surface area contributed by atoms with Gasteiger partial charge in [-0.15, -0.1) is 13.2 Å². The molecule has 0 aromatic carbocycles. The van der Waals surface area contributed by atoms with Gasteiger partial charge in [0.1, 0.15) is 0 Å². The second kappa shape index (κ2) is 5.53. The molecule has 0 aliphatic carbocycles. The molecular formula is C9H6BrF6NO2. The van der Waals surface area contributed by atoms with Crippen molar-refractivity contribution in [2.45, 2.75) is 24.5 Å². The molecule has 3 nitrogen and oxygen atoms in total. The number of hydrogen-bond acceptors (Lipinski definition) is 3. The molecule has 1 aromatic heterocycles. The monoisotopic (exact) mass is 353 g/mol. The number of pyridine rings is 1. The van der Waals surface area contributed by atoms with Crippen LogP contribution in [0, 0.1) is 0 Å². The summed E-state index contributed by atoms with van der Waals surface area (Å²) in [5, 5.41) is 8.39. The predicted octanol–water partition coefficient (Wildman–Crippen LogP) is 3.39. The first kappa shape index (κ1) is 16.0. The predicted molar refractivity (Wildman–Crippen MR) is 54.5 cm³/mol. The second-order valence-electron chi connectivity index (χ2n) is 3.28. The molecule has 0 bridgehead atoms. The van der Waals surface area contributed by atoms with E-state index in [2.05, 4.69) is 25.7 Å². The highest BCUT2D eigenvalue weighted by Crippen LogP contribution is 2.36. The molecule has 0 aliphatic rings. The van der Waals surface area contributed by atoms with E-state index in [1.54, 1.807) is 0 Å². The zero-order chi connectivity index (χ0) is 14.8. The van der Waals surface area contributed by atoms with Gasteiger partial charge in [0.05, 0.1) is 17.9 Å². The number of aromatic nitrogens is 1. The van der Waals surface area contributed by atoms with Gasteiger partial charge < -0.3 is 9.84 Å². The number of nitrogens with zero attached hydrogens (tertiary/aromatic N) is 1. The minimum atomic E-state index is -5.11. The maximum Gasteiger partial charge on any atom is 0.574 e. The third kappa shape index (κ3) is 4.23. The van der Waals surface area contributed by atoms with Crippen molar-refractivity contribution in [3.8, 4) is 5.88 Å². The van der Waals surface area contributed by atoms with Gasteiger partial charge in [0.2, 0.25) is 5.88 Å². The van der Waals surface area contributed by atoms with Gasteiger partial charge in [-0.1, -0.05) is 15.9 Å². The van der Waals surface area contributed by atoms with E-state index in [9.17, 15) is 26.3 Å². The van der Waals surface area contributed by atoms with E-state index in [-0.39, 0.29) is 0 Å². The van der Waals surface area contributed by atoms with Crippen LogP contribution >= 0.6 is 15.9 Å². The summed E-state index contributed by atoms with van der Waals surface area (Å²) < 4.78 is 77.5. The van der Waals surface area contributed by atoms with Gasteiger partial charge >= 0.3 is 12.5 Å². The molecule has 0 spiro atoms. The Morgan fingerprint density at radius 1 is 1.21 bits per heavy atom. The normalized spacial score (nSPS) is 12.6. The highest BCUT2D eigenvalue weighted by Gasteiger charge is 2.37. The number of aliphatic hydroxyl groups excluding tert-OH is 1. The number of ether oxygens (including phenoxy) is 1. The number of halogens is 7. The van der Waals surface area contributed by atoms with Crippen LogP contribution in [0.4, 0.5) is 26.3 Å². The van der Waals surface area contributed by atoms with Crippen molar-refractivity contribution in [3.63, 3.8) is 0 Å². The molecule has 1 heterocycles. The van der Waals surface area contributed by atoms with E-state index in [1.807, 2.05) is 0 Å². The molecule has 0 unspecified atom stereocenters. The van der Waals surface area contributed by atoms with Crippen LogP contribution < -0.4 is 4.74 Å². The van der Waals surface area contributed by atoms with Crippen LogP contribution in [0.5, 0.6) is 5.88 Å². The average Bonchev–Trinajstić information content (AvgIpc) is 2.24. The Labute approximate surface area is 111 Å². The van der Waals surface area contributed by atoms with Crippen LogP contribution in [0.3, 0.4) is 0 Å². The molecule has 0 atom stereocenters. The third-order valence-electron chi connectivity index (χ3n) is 1.96. The lowest BCUT2D eigenvalue weighted by Crippen LogP contribution is -2.21. The summed E-state index contributed by atoms with van der Waals surface area (Å²) in [6.45, 7) is -1.07. The molecule has 1 aromatic rings. The highest BCUT2D eigenvalue weighted by molar-refractivity contribution is 9.08. The van der Waals surface area contributed by atoms with Crippen LogP contribution in [-0.4, -0.2) is 16.5 Å². The quantitative estimate of drug-likeness (QED) is 0.669. The van der Waals surface area contributed by atoms with E-state index < -0.39 is 47.2 Å². The van der Waals surface area contributed by atoms with Crippen molar-refractivity contribution in [3.05, 3.63) is 22.9 Å². The second-order valence-corrected chi connectivity index (χ2v) is 3.84. The molecule has 0 saturated carbocycles. The first-order valence-electron chi connectivity index (χ1n) is 4.61. The Kier molecular flexibility index (Phi) is 4.67. The van der Waals surface area contributed by atoms with E-state index in [1.165, 1.54) is 0 Å². The summed E-state index contributed by atoms with van der Waals surface area (Å²) in [4.78, 5) is 3.14. The van der Waals surface area contributed by atoms with Crippen LogP contribution in [0.1, 0.15) is 16.8 Å². The van der Waals surface area contributed by atoms with E-state index in [0.717, 1.165) is 0 Å². The van der Waals surface area contributed by atoms with Gasteiger partial charge in [-0.25, -0.2) is 4.98 Å². The number of aliphatic hydroxyl groups is 1. The van der Waals surface area contributed by atoms with Gasteiger partial charge in [0.15, 0.2) is 0 Å². The molecular weight excluding hydrogens is 348 g/mol. The zero-order valence-electron chi connectivity index (χ0n) is 8.94. The third-order valence-corrected chi connectivity index (χ3v) is 2.49. The summed E-state index contributed by atoms with van der Waals surface area (Å²) in [6.07, 6.45) is -9.91. The molecule has 10 heteroatoms. The van der Waals surface area contributed by atoms with E-state index in [0.29, 0.717) is 6.07 Å². The summed E-state index contributed by atoms with van der Waals surface area (Å²) in [7, 11) is 0. The van der Waals surface area contributed by atoms with Crippen LogP contribution in [0.2, 0.25) is 0 Å². The summed E-state index contributed by atoms with van der Waals surface area (Å²) in [5.74, 6) is -1.10. The van der Waals surface area contributed by atoms with Crippen molar-refractivity contribution >= 4 is 15.9 Å². The molecule has 108 valence electrons. The summed E-state index contributed by atoms with van der Waals surface area (Å²) in [5.41, 5.74) is -2.60. The molecule has 0 saturated heterocycles. The van der Waals surface area contributed by atoms with E-state index in [4.69, 9.17) is 5.11 Å². The lowest BCUT2D eigenvalue weighted by Gasteiger charge is -2.16. The Morgan fingerprint density at radius 3 is 2.16 bits per heavy atom. The van der Waals surface area contributed by atoms with Gasteiger partial charge in [-0.3, -0.25) is 0 Å². The van der Waals surface area contributed by atoms with Crippen molar-refractivity contribution < 1.29 is 36.2 Å². The van der Waals surface area contributed by atoms with Crippen molar-refractivity contribution in [2.75, 3.05) is 0 Å². The fraction of sp³-hybridized carbons (Fsp3) is 0.444. The average molecular weight is 354 g/mol. The lowest BCUT2D eigenvalue weighted by molar-refractivity contribution is -0.276. The summed E-state index contributed by atoms with van der Waals surface area (Å²) >= 11 is 2.70. The van der Waals surface area contributed by atoms with Crippen LogP contribution in [0.15, 0.2) is 6.07 Å². The Balaban J connectivity index is 3.36. The largest absolute Gasteiger partial charge is 0.574 e. The molecule has 0 radical (unpaired) electrons. The minimum Gasteiger partial charge on any atom is -0.391 e. The Bertz CT molecular complexity index is 459. The Hall–Kier alpha value is -1.03. The van der Waals surface area contributed by atoms with Crippen molar-refractivity contribution in [2.24, 2.45) is 0 Å². The van der Waals surface area contributed by atoms with Gasteiger partial charge in [-0.05, 0) is 6.07 Å². The first-order chi connectivity index (χ1) is 8.58. The van der Waals surface area contributed by atoms with Crippen LogP contribution in [-0.2, 0) is 18.1 Å². The Morgan fingerprint density at radius 2 is 1.79 bits per heavy atom. The molecule has 1 N–H and O–H groups in total. The molecule has 0 aliphatic heterocycles. The van der Waals surface area contributed by atoms with Crippen molar-refractivity contribution in [1.82, 2.24) is 4.98 Å². The minimum absolute atomic E-state index is 0.380. The first-order valence-corrected chi connectivity index (χ1v) is 5.73. The number of hydrogen-bond donors (Lipinski definition) is 1. The maximum atomic E-state index is 12.6.